The van der Waals surface area contributed by atoms with Crippen LogP contribution >= 0.6 is 27.7 Å². The van der Waals surface area contributed by atoms with Gasteiger partial charge in [-0.25, -0.2) is 9.78 Å². The molecule has 1 aromatic rings. The number of thioether (sulfide) groups is 1. The second kappa shape index (κ2) is 9.22. The van der Waals surface area contributed by atoms with Crippen molar-refractivity contribution in [3.63, 3.8) is 0 Å². The van der Waals surface area contributed by atoms with Gasteiger partial charge in [-0.05, 0) is 103 Å². The van der Waals surface area contributed by atoms with Crippen LogP contribution in [0, 0.1) is 22.7 Å². The average Bonchev–Trinajstić information content (AvgIpc) is 3.14. The van der Waals surface area contributed by atoms with Crippen LogP contribution in [0.5, 0.6) is 0 Å². The summed E-state index contributed by atoms with van der Waals surface area (Å²) in [7, 11) is 4.15. The minimum absolute atomic E-state index is 0.0218. The fraction of sp³-hybridized carbons (Fsp3) is 0.742. The van der Waals surface area contributed by atoms with Crippen molar-refractivity contribution in [2.45, 2.75) is 106 Å². The largest absolute Gasteiger partial charge is 0.393 e. The van der Waals surface area contributed by atoms with Crippen LogP contribution in [0.3, 0.4) is 0 Å². The molecule has 38 heavy (non-hydrogen) atoms. The number of benzene rings is 1. The van der Waals surface area contributed by atoms with E-state index in [1.807, 2.05) is 11.8 Å². The summed E-state index contributed by atoms with van der Waals surface area (Å²) < 4.78 is 0.636. The van der Waals surface area contributed by atoms with E-state index < -0.39 is 15.9 Å². The van der Waals surface area contributed by atoms with E-state index in [2.05, 4.69) is 80.0 Å². The number of aliphatic hydroxyl groups is 2. The average molecular weight is 607 g/mol. The Bertz CT molecular complexity index is 1140. The molecular formula is C31H44BrNO4S. The summed E-state index contributed by atoms with van der Waals surface area (Å²) >= 11 is 5.72. The zero-order valence-corrected chi connectivity index (χ0v) is 26.0. The zero-order valence-electron chi connectivity index (χ0n) is 23.6. The third-order valence-corrected chi connectivity index (χ3v) is 13.5. The summed E-state index contributed by atoms with van der Waals surface area (Å²) in [6.45, 7) is 7.38. The first-order chi connectivity index (χ1) is 17.8. The van der Waals surface area contributed by atoms with Crippen LogP contribution < -0.4 is 4.90 Å². The van der Waals surface area contributed by atoms with Gasteiger partial charge in [0.25, 0.3) is 0 Å². The third-order valence-electron chi connectivity index (χ3n) is 10.8. The van der Waals surface area contributed by atoms with Crippen molar-refractivity contribution in [2.24, 2.45) is 22.7 Å². The Labute approximate surface area is 240 Å². The first-order valence-corrected chi connectivity index (χ1v) is 16.0. The van der Waals surface area contributed by atoms with E-state index in [9.17, 15) is 10.2 Å². The molecule has 1 unspecified atom stereocenters. The van der Waals surface area contributed by atoms with E-state index in [1.54, 1.807) is 0 Å². The molecule has 1 saturated heterocycles. The minimum Gasteiger partial charge on any atom is -0.393 e. The molecule has 1 aliphatic heterocycles. The van der Waals surface area contributed by atoms with Crippen molar-refractivity contribution in [2.75, 3.05) is 25.6 Å². The minimum atomic E-state index is -0.909. The lowest BCUT2D eigenvalue weighted by atomic mass is 9.51. The van der Waals surface area contributed by atoms with Gasteiger partial charge >= 0.3 is 0 Å². The maximum atomic E-state index is 12.9. The summed E-state index contributed by atoms with van der Waals surface area (Å²) in [5.41, 5.74) is 1.19. The van der Waals surface area contributed by atoms with Crippen LogP contribution in [-0.2, 0) is 9.78 Å². The number of halogens is 1. The zero-order chi connectivity index (χ0) is 27.1. The quantitative estimate of drug-likeness (QED) is 0.289. The Kier molecular flexibility index (Phi) is 6.69. The number of aliphatic hydroxyl groups excluding tert-OH is 1. The van der Waals surface area contributed by atoms with E-state index in [1.165, 1.54) is 10.5 Å². The highest BCUT2D eigenvalue weighted by molar-refractivity contribution is 9.10. The number of anilines is 1. The highest BCUT2D eigenvalue weighted by Gasteiger charge is 2.67. The van der Waals surface area contributed by atoms with Gasteiger partial charge in [-0.3, -0.25) is 0 Å². The lowest BCUT2D eigenvalue weighted by Gasteiger charge is -2.63. The van der Waals surface area contributed by atoms with Crippen molar-refractivity contribution in [1.82, 2.24) is 0 Å². The first kappa shape index (κ1) is 27.6. The van der Waals surface area contributed by atoms with Crippen molar-refractivity contribution < 1.29 is 20.0 Å². The van der Waals surface area contributed by atoms with Gasteiger partial charge in [0, 0.05) is 41.0 Å². The van der Waals surface area contributed by atoms with Crippen molar-refractivity contribution in [3.8, 4) is 0 Å². The molecule has 0 amide bonds. The molecule has 4 aliphatic carbocycles. The summed E-state index contributed by atoms with van der Waals surface area (Å²) in [5.74, 6) is 0.878. The molecule has 1 spiro atoms. The van der Waals surface area contributed by atoms with Crippen LogP contribution in [-0.4, -0.2) is 53.0 Å². The van der Waals surface area contributed by atoms with Gasteiger partial charge in [0.05, 0.1) is 23.1 Å². The number of allylic oxidation sites excluding steroid dienone is 1. The molecule has 3 saturated carbocycles. The summed E-state index contributed by atoms with van der Waals surface area (Å²) in [5, 5.41) is 23.8. The molecular weight excluding hydrogens is 562 g/mol. The van der Waals surface area contributed by atoms with Crippen molar-refractivity contribution in [1.29, 1.82) is 0 Å². The lowest BCUT2D eigenvalue weighted by molar-refractivity contribution is -0.417. The van der Waals surface area contributed by atoms with Crippen LogP contribution in [0.2, 0.25) is 0 Å². The van der Waals surface area contributed by atoms with Crippen LogP contribution in [0.25, 0.3) is 0 Å². The second-order valence-electron chi connectivity index (χ2n) is 14.2. The van der Waals surface area contributed by atoms with Crippen LogP contribution in [0.1, 0.15) is 78.6 Å². The number of rotatable bonds is 3. The molecule has 5 nitrogen and oxygen atoms in total. The fourth-order valence-corrected chi connectivity index (χ4v) is 11.1. The second-order valence-corrected chi connectivity index (χ2v) is 16.4. The molecule has 1 aromatic carbocycles. The highest BCUT2D eigenvalue weighted by atomic mass is 79.9. The number of hydrogen-bond donors (Lipinski definition) is 2. The van der Waals surface area contributed by atoms with Gasteiger partial charge in [-0.2, -0.15) is 0 Å². The predicted molar refractivity (Wildman–Crippen MR) is 156 cm³/mol. The summed E-state index contributed by atoms with van der Waals surface area (Å²) in [6.07, 6.45) is 10.00. The monoisotopic (exact) mass is 605 g/mol. The molecule has 210 valence electrons. The number of fused-ring (bicyclic) bond motifs is 5. The predicted octanol–water partition coefficient (Wildman–Crippen LogP) is 6.90. The lowest BCUT2D eigenvalue weighted by Crippen LogP contribution is -2.67. The Morgan fingerprint density at radius 3 is 2.58 bits per heavy atom. The molecule has 7 atom stereocenters. The van der Waals surface area contributed by atoms with Gasteiger partial charge in [0.2, 0.25) is 0 Å². The van der Waals surface area contributed by atoms with E-state index >= 15 is 0 Å². The molecule has 4 fully saturated rings. The molecule has 0 aromatic heterocycles. The summed E-state index contributed by atoms with van der Waals surface area (Å²) in [6, 6.07) is 6.53. The maximum absolute atomic E-state index is 12.9. The van der Waals surface area contributed by atoms with Crippen molar-refractivity contribution >= 4 is 33.4 Å². The van der Waals surface area contributed by atoms with Gasteiger partial charge in [0.1, 0.15) is 5.60 Å². The normalized spacial score (nSPS) is 43.7. The van der Waals surface area contributed by atoms with E-state index in [4.69, 9.17) is 9.78 Å². The van der Waals surface area contributed by atoms with Gasteiger partial charge < -0.3 is 15.1 Å². The Hall–Kier alpha value is -0.570. The third kappa shape index (κ3) is 4.16. The van der Waals surface area contributed by atoms with E-state index in [0.29, 0.717) is 24.9 Å². The molecule has 0 bridgehead atoms. The van der Waals surface area contributed by atoms with Gasteiger partial charge in [-0.1, -0.05) is 32.4 Å². The molecule has 6 rings (SSSR count). The molecule has 0 radical (unpaired) electrons. The fourth-order valence-electron chi connectivity index (χ4n) is 8.94. The molecule has 5 aliphatic rings. The SMILES string of the molecule is CN(C)c1ccc(Br)c(S[C@]23CCC4(CC(C)(C)COO4)C[C@]2(O)CC[C@@H]2C3=CC[C@]3(C)[C@@H](O)CC[C@@H]23)c1. The van der Waals surface area contributed by atoms with Gasteiger partial charge in [0.15, 0.2) is 0 Å². The van der Waals surface area contributed by atoms with Crippen LogP contribution in [0.15, 0.2) is 39.2 Å². The topological polar surface area (TPSA) is 62.2 Å². The van der Waals surface area contributed by atoms with Crippen molar-refractivity contribution in [3.05, 3.63) is 34.3 Å². The number of nitrogens with zero attached hydrogens (tertiary/aromatic N) is 1. The van der Waals surface area contributed by atoms with E-state index in [-0.39, 0.29) is 16.9 Å². The molecule has 2 N–H and O–H groups in total. The highest BCUT2D eigenvalue weighted by Crippen LogP contribution is 2.69. The smallest absolute Gasteiger partial charge is 0.107 e. The Morgan fingerprint density at radius 1 is 1.05 bits per heavy atom. The number of hydrogen-bond acceptors (Lipinski definition) is 6. The maximum Gasteiger partial charge on any atom is 0.107 e. The Balaban J connectivity index is 1.45. The van der Waals surface area contributed by atoms with E-state index in [0.717, 1.165) is 61.5 Å². The Morgan fingerprint density at radius 2 is 1.84 bits per heavy atom. The molecule has 7 heteroatoms. The molecule has 1 heterocycles. The summed E-state index contributed by atoms with van der Waals surface area (Å²) in [4.78, 5) is 15.2. The first-order valence-electron chi connectivity index (χ1n) is 14.4. The van der Waals surface area contributed by atoms with Gasteiger partial charge in [-0.15, -0.1) is 11.8 Å². The standard InChI is InChI=1S/C31H44BrNO4S/c1-27(2)17-29(37-36-19-27)14-15-31(38-25-16-20(33(4)5)6-8-24(25)32)23-11-12-28(3)22(7-9-26(28)34)21(23)10-13-30(31,35)18-29/h6,8,11,16,21-22,26,34-35H,7,9-10,12-15,17-19H2,1-5H3/t21-,22-,26-,28-,29?,30+,31-/m0/s1. The van der Waals surface area contributed by atoms with Crippen LogP contribution in [0.4, 0.5) is 5.69 Å².